The largest absolute Gasteiger partial charge is 0.300 e. The zero-order valence-electron chi connectivity index (χ0n) is 10.7. The van der Waals surface area contributed by atoms with Crippen LogP contribution in [0.4, 0.5) is 0 Å². The molecule has 0 aromatic carbocycles. The Kier molecular flexibility index (Phi) is 2.81. The molecule has 1 fully saturated rings. The lowest BCUT2D eigenvalue weighted by molar-refractivity contribution is -0.117. The standard InChI is InChI=1S/C15H22O/c1-10-6-5-7-12(10)14-13(15(14,3)4)9-8-11(2)16/h7,13-14H,1,5-6,8-9H2,2-4H3/t13-,14+/m1/s1. The Balaban J connectivity index is 2.02. The molecule has 0 spiro atoms. The van der Waals surface area contributed by atoms with Crippen LogP contribution in [-0.4, -0.2) is 5.78 Å². The molecule has 2 rings (SSSR count). The van der Waals surface area contributed by atoms with Crippen LogP contribution < -0.4 is 0 Å². The van der Waals surface area contributed by atoms with Gasteiger partial charge in [-0.15, -0.1) is 0 Å². The summed E-state index contributed by atoms with van der Waals surface area (Å²) >= 11 is 0. The van der Waals surface area contributed by atoms with Gasteiger partial charge in [-0.25, -0.2) is 0 Å². The van der Waals surface area contributed by atoms with E-state index in [1.807, 2.05) is 0 Å². The van der Waals surface area contributed by atoms with Crippen LogP contribution in [0.5, 0.6) is 0 Å². The Morgan fingerprint density at radius 1 is 1.56 bits per heavy atom. The summed E-state index contributed by atoms with van der Waals surface area (Å²) in [6.45, 7) is 10.5. The molecule has 0 saturated heterocycles. The first-order chi connectivity index (χ1) is 7.44. The highest BCUT2D eigenvalue weighted by Gasteiger charge is 2.58. The smallest absolute Gasteiger partial charge is 0.129 e. The predicted octanol–water partition coefficient (Wildman–Crippen LogP) is 3.90. The molecular formula is C15H22O. The van der Waals surface area contributed by atoms with Crippen molar-refractivity contribution < 1.29 is 4.79 Å². The van der Waals surface area contributed by atoms with Gasteiger partial charge in [0.05, 0.1) is 0 Å². The fraction of sp³-hybridized carbons (Fsp3) is 0.667. The van der Waals surface area contributed by atoms with Crippen molar-refractivity contribution in [3.8, 4) is 0 Å². The van der Waals surface area contributed by atoms with Crippen molar-refractivity contribution in [3.63, 3.8) is 0 Å². The summed E-state index contributed by atoms with van der Waals surface area (Å²) in [4.78, 5) is 11.0. The summed E-state index contributed by atoms with van der Waals surface area (Å²) in [6, 6.07) is 0. The summed E-state index contributed by atoms with van der Waals surface area (Å²) in [5, 5.41) is 0. The third-order valence-corrected chi connectivity index (χ3v) is 4.41. The predicted molar refractivity (Wildman–Crippen MR) is 67.1 cm³/mol. The number of hydrogen-bond acceptors (Lipinski definition) is 1. The molecule has 0 N–H and O–H groups in total. The highest BCUT2D eigenvalue weighted by atomic mass is 16.1. The molecule has 0 aromatic rings. The Labute approximate surface area is 98.6 Å². The normalized spacial score (nSPS) is 31.4. The average Bonchev–Trinajstić information content (AvgIpc) is 2.53. The topological polar surface area (TPSA) is 17.1 Å². The maximum absolute atomic E-state index is 11.0. The molecule has 0 radical (unpaired) electrons. The molecule has 1 nitrogen and oxygen atoms in total. The van der Waals surface area contributed by atoms with Crippen molar-refractivity contribution >= 4 is 5.78 Å². The second-order valence-electron chi connectivity index (χ2n) is 5.95. The third-order valence-electron chi connectivity index (χ3n) is 4.41. The molecule has 0 aromatic heterocycles. The van der Waals surface area contributed by atoms with E-state index in [0.717, 1.165) is 19.3 Å². The van der Waals surface area contributed by atoms with Gasteiger partial charge in [-0.2, -0.15) is 0 Å². The summed E-state index contributed by atoms with van der Waals surface area (Å²) in [5.41, 5.74) is 3.22. The Bertz CT molecular complexity index is 360. The minimum Gasteiger partial charge on any atom is -0.300 e. The van der Waals surface area contributed by atoms with Gasteiger partial charge >= 0.3 is 0 Å². The van der Waals surface area contributed by atoms with Crippen LogP contribution in [-0.2, 0) is 4.79 Å². The van der Waals surface area contributed by atoms with Gasteiger partial charge in [-0.3, -0.25) is 0 Å². The highest BCUT2D eigenvalue weighted by Crippen LogP contribution is 2.65. The fourth-order valence-corrected chi connectivity index (χ4v) is 3.30. The SMILES string of the molecule is C=C1CCC=C1[C@H]1[C@@H](CCC(C)=O)C1(C)C. The first-order valence-electron chi connectivity index (χ1n) is 6.32. The van der Waals surface area contributed by atoms with E-state index in [2.05, 4.69) is 26.5 Å². The van der Waals surface area contributed by atoms with Crippen LogP contribution in [0.25, 0.3) is 0 Å². The third kappa shape index (κ3) is 1.88. The number of ketones is 1. The maximum atomic E-state index is 11.0. The molecule has 1 heteroatoms. The van der Waals surface area contributed by atoms with Crippen molar-refractivity contribution in [2.75, 3.05) is 0 Å². The second-order valence-corrected chi connectivity index (χ2v) is 5.95. The lowest BCUT2D eigenvalue weighted by Gasteiger charge is -2.05. The van der Waals surface area contributed by atoms with Gasteiger partial charge in [0.25, 0.3) is 0 Å². The Morgan fingerprint density at radius 2 is 2.25 bits per heavy atom. The quantitative estimate of drug-likeness (QED) is 0.699. The van der Waals surface area contributed by atoms with E-state index in [9.17, 15) is 4.79 Å². The van der Waals surface area contributed by atoms with Crippen molar-refractivity contribution in [2.24, 2.45) is 17.3 Å². The van der Waals surface area contributed by atoms with Crippen LogP contribution >= 0.6 is 0 Å². The number of carbonyl (C=O) groups excluding carboxylic acids is 1. The Morgan fingerprint density at radius 3 is 2.75 bits per heavy atom. The molecule has 88 valence electrons. The molecule has 16 heavy (non-hydrogen) atoms. The maximum Gasteiger partial charge on any atom is 0.129 e. The van der Waals surface area contributed by atoms with Gasteiger partial charge in [-0.1, -0.05) is 32.1 Å². The summed E-state index contributed by atoms with van der Waals surface area (Å²) in [6.07, 6.45) is 6.46. The van der Waals surface area contributed by atoms with E-state index in [-0.39, 0.29) is 0 Å². The first kappa shape index (κ1) is 11.6. The molecular weight excluding hydrogens is 196 g/mol. The number of hydrogen-bond donors (Lipinski definition) is 0. The zero-order valence-corrected chi connectivity index (χ0v) is 10.7. The van der Waals surface area contributed by atoms with E-state index < -0.39 is 0 Å². The Hall–Kier alpha value is -0.850. The monoisotopic (exact) mass is 218 g/mol. The number of rotatable bonds is 4. The molecule has 2 atom stereocenters. The second kappa shape index (κ2) is 3.87. The van der Waals surface area contributed by atoms with Gasteiger partial charge in [-0.05, 0) is 49.0 Å². The van der Waals surface area contributed by atoms with E-state index in [1.165, 1.54) is 17.6 Å². The molecule has 0 heterocycles. The van der Waals surface area contributed by atoms with E-state index in [1.54, 1.807) is 6.92 Å². The van der Waals surface area contributed by atoms with Gasteiger partial charge in [0.15, 0.2) is 0 Å². The summed E-state index contributed by atoms with van der Waals surface area (Å²) in [5.74, 6) is 1.68. The summed E-state index contributed by atoms with van der Waals surface area (Å²) < 4.78 is 0. The van der Waals surface area contributed by atoms with Crippen LogP contribution in [0.2, 0.25) is 0 Å². The van der Waals surface area contributed by atoms with Crippen LogP contribution in [0.1, 0.15) is 46.5 Å². The first-order valence-corrected chi connectivity index (χ1v) is 6.32. The van der Waals surface area contributed by atoms with E-state index >= 15 is 0 Å². The molecule has 0 amide bonds. The molecule has 0 bridgehead atoms. The van der Waals surface area contributed by atoms with Gasteiger partial charge in [0.2, 0.25) is 0 Å². The molecule has 1 saturated carbocycles. The van der Waals surface area contributed by atoms with Crippen molar-refractivity contribution in [1.29, 1.82) is 0 Å². The lowest BCUT2D eigenvalue weighted by Crippen LogP contribution is -1.94. The molecule has 0 unspecified atom stereocenters. The van der Waals surface area contributed by atoms with Crippen LogP contribution in [0.3, 0.4) is 0 Å². The van der Waals surface area contributed by atoms with Gasteiger partial charge in [0, 0.05) is 6.42 Å². The van der Waals surface area contributed by atoms with Crippen LogP contribution in [0, 0.1) is 17.3 Å². The molecule has 2 aliphatic carbocycles. The summed E-state index contributed by atoms with van der Waals surface area (Å²) in [7, 11) is 0. The van der Waals surface area contributed by atoms with Gasteiger partial charge in [0.1, 0.15) is 5.78 Å². The number of Topliss-reactive ketones (excluding diaryl/α,β-unsaturated/α-hetero) is 1. The number of carbonyl (C=O) groups is 1. The minimum atomic E-state index is 0.320. The van der Waals surface area contributed by atoms with Crippen molar-refractivity contribution in [1.82, 2.24) is 0 Å². The minimum absolute atomic E-state index is 0.320. The zero-order chi connectivity index (χ0) is 11.9. The fourth-order valence-electron chi connectivity index (χ4n) is 3.30. The average molecular weight is 218 g/mol. The van der Waals surface area contributed by atoms with Crippen molar-refractivity contribution in [3.05, 3.63) is 23.8 Å². The number of allylic oxidation sites excluding steroid dienone is 3. The van der Waals surface area contributed by atoms with Gasteiger partial charge < -0.3 is 4.79 Å². The lowest BCUT2D eigenvalue weighted by atomic mass is 10.00. The van der Waals surface area contributed by atoms with E-state index in [0.29, 0.717) is 23.0 Å². The highest BCUT2D eigenvalue weighted by molar-refractivity contribution is 5.75. The van der Waals surface area contributed by atoms with E-state index in [4.69, 9.17) is 0 Å². The molecule has 2 aliphatic rings. The van der Waals surface area contributed by atoms with Crippen molar-refractivity contribution in [2.45, 2.75) is 46.5 Å². The van der Waals surface area contributed by atoms with Crippen LogP contribution in [0.15, 0.2) is 23.8 Å². The molecule has 0 aliphatic heterocycles.